The second kappa shape index (κ2) is 7.72. The second-order valence-corrected chi connectivity index (χ2v) is 7.40. The smallest absolute Gasteiger partial charge is 0.494 e. The van der Waals surface area contributed by atoms with E-state index in [0.29, 0.717) is 5.46 Å². The zero-order valence-electron chi connectivity index (χ0n) is 16.0. The van der Waals surface area contributed by atoms with E-state index in [9.17, 15) is 9.59 Å². The average Bonchev–Trinajstić information content (AvgIpc) is 3.02. The highest BCUT2D eigenvalue weighted by atomic mass is 16.6. The third kappa shape index (κ3) is 4.07. The number of rotatable bonds is 3. The van der Waals surface area contributed by atoms with Crippen molar-refractivity contribution >= 4 is 37.8 Å². The van der Waals surface area contributed by atoms with Gasteiger partial charge in [-0.15, -0.1) is 0 Å². The van der Waals surface area contributed by atoms with Crippen LogP contribution < -0.4 is 15.7 Å². The molecule has 0 radical (unpaired) electrons. The zero-order valence-corrected chi connectivity index (χ0v) is 16.0. The van der Waals surface area contributed by atoms with Crippen LogP contribution >= 0.6 is 0 Å². The molecule has 1 unspecified atom stereocenters. The van der Waals surface area contributed by atoms with Crippen molar-refractivity contribution in [3.63, 3.8) is 0 Å². The fraction of sp³-hybridized carbons (Fsp3) is 0.300. The Balaban J connectivity index is 1.46. The number of ether oxygens (including phenoxy) is 1. The molecule has 1 heterocycles. The molecule has 1 fully saturated rings. The first-order chi connectivity index (χ1) is 13.5. The van der Waals surface area contributed by atoms with Crippen molar-refractivity contribution in [2.45, 2.75) is 18.9 Å². The summed E-state index contributed by atoms with van der Waals surface area (Å²) in [6.07, 6.45) is 2.00. The van der Waals surface area contributed by atoms with Crippen LogP contribution in [-0.2, 0) is 25.3 Å². The van der Waals surface area contributed by atoms with Gasteiger partial charge in [-0.25, -0.2) is 0 Å². The lowest BCUT2D eigenvalue weighted by atomic mass is 9.78. The largest absolute Gasteiger partial charge is 0.636 e. The summed E-state index contributed by atoms with van der Waals surface area (Å²) in [6, 6.07) is 13.6. The number of fused-ring (bicyclic) bond motifs is 1. The van der Waals surface area contributed by atoms with Crippen LogP contribution in [0.1, 0.15) is 23.7 Å². The molecule has 1 atom stereocenters. The van der Waals surface area contributed by atoms with Crippen molar-refractivity contribution in [3.8, 4) is 5.75 Å². The molecule has 2 aliphatic rings. The molecule has 142 valence electrons. The summed E-state index contributed by atoms with van der Waals surface area (Å²) in [5.74, 6) is -0.137. The summed E-state index contributed by atoms with van der Waals surface area (Å²) < 4.78 is 16.7. The first kappa shape index (κ1) is 18.6. The quantitative estimate of drug-likeness (QED) is 0.687. The normalized spacial score (nSPS) is 20.0. The molecule has 2 aromatic carbocycles. The van der Waals surface area contributed by atoms with Gasteiger partial charge < -0.3 is 14.0 Å². The fourth-order valence-corrected chi connectivity index (χ4v) is 3.67. The molecule has 8 heteroatoms. The topological polar surface area (TPSA) is 65.1 Å². The van der Waals surface area contributed by atoms with Crippen molar-refractivity contribution in [1.29, 1.82) is 0 Å². The van der Waals surface area contributed by atoms with Crippen LogP contribution in [0.4, 0.5) is 0 Å². The molecule has 28 heavy (non-hydrogen) atoms. The molecule has 0 aromatic heterocycles. The summed E-state index contributed by atoms with van der Waals surface area (Å²) in [5, 5.41) is 0. The molecule has 1 saturated heterocycles. The highest BCUT2D eigenvalue weighted by Gasteiger charge is 2.33. The Morgan fingerprint density at radius 1 is 1.07 bits per heavy atom. The lowest BCUT2D eigenvalue weighted by Crippen LogP contribution is -2.47. The van der Waals surface area contributed by atoms with Gasteiger partial charge in [-0.1, -0.05) is 35.8 Å². The molecule has 2 aromatic rings. The standard InChI is InChI=1S/C20H21B2NO5/c1-23-11-19(24)27-22(28-20(25)12-23)15-4-6-16(7-5-15)26-18-9-2-13-10-14(21)3-8-17(13)18/h3-8,10,18H,2,9,11-12,21H2,1H3. The summed E-state index contributed by atoms with van der Waals surface area (Å²) in [5.41, 5.74) is 4.45. The number of carbonyl (C=O) groups is 2. The van der Waals surface area contributed by atoms with Gasteiger partial charge in [-0.3, -0.25) is 14.5 Å². The molecule has 0 saturated carbocycles. The number of hydrogen-bond donors (Lipinski definition) is 0. The van der Waals surface area contributed by atoms with Crippen LogP contribution in [0.3, 0.4) is 0 Å². The van der Waals surface area contributed by atoms with E-state index in [1.807, 2.05) is 12.1 Å². The van der Waals surface area contributed by atoms with Crippen LogP contribution in [-0.4, -0.2) is 51.9 Å². The van der Waals surface area contributed by atoms with Crippen molar-refractivity contribution in [2.75, 3.05) is 20.1 Å². The monoisotopic (exact) mass is 377 g/mol. The lowest BCUT2D eigenvalue weighted by Gasteiger charge is -2.22. The van der Waals surface area contributed by atoms with E-state index in [1.54, 1.807) is 24.1 Å². The first-order valence-corrected chi connectivity index (χ1v) is 9.41. The molecule has 1 aliphatic heterocycles. The Morgan fingerprint density at radius 3 is 2.43 bits per heavy atom. The first-order valence-electron chi connectivity index (χ1n) is 9.41. The van der Waals surface area contributed by atoms with Crippen LogP contribution in [0.5, 0.6) is 5.75 Å². The highest BCUT2D eigenvalue weighted by molar-refractivity contribution is 6.64. The van der Waals surface area contributed by atoms with Crippen molar-refractivity contribution in [2.24, 2.45) is 0 Å². The highest BCUT2D eigenvalue weighted by Crippen LogP contribution is 2.34. The van der Waals surface area contributed by atoms with Gasteiger partial charge in [-0.2, -0.15) is 0 Å². The fourth-order valence-electron chi connectivity index (χ4n) is 3.67. The van der Waals surface area contributed by atoms with E-state index < -0.39 is 19.1 Å². The van der Waals surface area contributed by atoms with E-state index in [4.69, 9.17) is 14.0 Å². The van der Waals surface area contributed by atoms with Gasteiger partial charge in [-0.05, 0) is 43.1 Å². The van der Waals surface area contributed by atoms with E-state index in [2.05, 4.69) is 26.0 Å². The second-order valence-electron chi connectivity index (χ2n) is 7.40. The molecule has 0 amide bonds. The van der Waals surface area contributed by atoms with Gasteiger partial charge in [0.15, 0.2) is 0 Å². The predicted molar refractivity (Wildman–Crippen MR) is 108 cm³/mol. The van der Waals surface area contributed by atoms with Crippen LogP contribution in [0.15, 0.2) is 42.5 Å². The molecule has 0 N–H and O–H groups in total. The van der Waals surface area contributed by atoms with Gasteiger partial charge in [0.25, 0.3) is 0 Å². The average molecular weight is 377 g/mol. The van der Waals surface area contributed by atoms with E-state index in [1.165, 1.54) is 16.6 Å². The Kier molecular flexibility index (Phi) is 5.13. The Morgan fingerprint density at radius 2 is 1.75 bits per heavy atom. The van der Waals surface area contributed by atoms with Crippen molar-refractivity contribution < 1.29 is 23.6 Å². The van der Waals surface area contributed by atoms with Crippen molar-refractivity contribution in [3.05, 3.63) is 53.6 Å². The molecular formula is C20H21B2NO5. The molecular weight excluding hydrogens is 356 g/mol. The van der Waals surface area contributed by atoms with Gasteiger partial charge >= 0.3 is 19.1 Å². The predicted octanol–water partition coefficient (Wildman–Crippen LogP) is -0.262. The maximum absolute atomic E-state index is 11.9. The summed E-state index contributed by atoms with van der Waals surface area (Å²) in [6.45, 7) is 0.0979. The number of aryl methyl sites for hydroxylation is 1. The summed E-state index contributed by atoms with van der Waals surface area (Å²) in [7, 11) is 2.73. The molecule has 1 aliphatic carbocycles. The Bertz CT molecular complexity index is 882. The van der Waals surface area contributed by atoms with E-state index >= 15 is 0 Å². The molecule has 6 nitrogen and oxygen atoms in total. The number of nitrogens with zero attached hydrogens (tertiary/aromatic N) is 1. The van der Waals surface area contributed by atoms with Gasteiger partial charge in [0.1, 0.15) is 19.7 Å². The summed E-state index contributed by atoms with van der Waals surface area (Å²) in [4.78, 5) is 25.3. The van der Waals surface area contributed by atoms with E-state index in [0.717, 1.165) is 18.6 Å². The van der Waals surface area contributed by atoms with E-state index in [-0.39, 0.29) is 19.2 Å². The van der Waals surface area contributed by atoms with Gasteiger partial charge in [0.05, 0.1) is 13.1 Å². The SMILES string of the molecule is Bc1ccc2c(c1)CCC2Oc1ccc(B2OC(=O)CN(C)CC(=O)O2)cc1. The number of likely N-dealkylation sites (N-methyl/N-ethyl adjacent to an activating group) is 1. The molecule has 4 rings (SSSR count). The number of hydrogen-bond acceptors (Lipinski definition) is 6. The lowest BCUT2D eigenvalue weighted by molar-refractivity contribution is -0.145. The van der Waals surface area contributed by atoms with Crippen LogP contribution in [0, 0.1) is 0 Å². The van der Waals surface area contributed by atoms with Crippen LogP contribution in [0.25, 0.3) is 0 Å². The number of carbonyl (C=O) groups excluding carboxylic acids is 2. The molecule has 0 bridgehead atoms. The van der Waals surface area contributed by atoms with Crippen LogP contribution in [0.2, 0.25) is 0 Å². The molecule has 0 spiro atoms. The maximum Gasteiger partial charge on any atom is 0.636 e. The zero-order chi connectivity index (χ0) is 19.7. The third-order valence-corrected chi connectivity index (χ3v) is 5.03. The minimum Gasteiger partial charge on any atom is -0.494 e. The summed E-state index contributed by atoms with van der Waals surface area (Å²) >= 11 is 0. The number of benzene rings is 2. The third-order valence-electron chi connectivity index (χ3n) is 5.03. The van der Waals surface area contributed by atoms with Gasteiger partial charge in [0, 0.05) is 5.46 Å². The Hall–Kier alpha value is -2.73. The Labute approximate surface area is 165 Å². The van der Waals surface area contributed by atoms with Crippen molar-refractivity contribution in [1.82, 2.24) is 4.90 Å². The minimum atomic E-state index is -1.03. The minimum absolute atomic E-state index is 0.0361. The maximum atomic E-state index is 11.9. The van der Waals surface area contributed by atoms with Gasteiger partial charge in [0.2, 0.25) is 0 Å².